The van der Waals surface area contributed by atoms with E-state index in [1.807, 2.05) is 0 Å². The number of aromatic nitrogens is 1. The van der Waals surface area contributed by atoms with E-state index in [1.54, 1.807) is 0 Å². The minimum absolute atomic E-state index is 0.450. The van der Waals surface area contributed by atoms with Gasteiger partial charge in [-0.25, -0.2) is 4.98 Å². The number of alkyl halides is 6. The molecule has 0 saturated heterocycles. The van der Waals surface area contributed by atoms with Crippen LogP contribution in [0.15, 0.2) is 6.07 Å². The van der Waals surface area contributed by atoms with E-state index < -0.39 is 39.7 Å². The van der Waals surface area contributed by atoms with Gasteiger partial charge in [0.2, 0.25) is 0 Å². The minimum atomic E-state index is -5.13. The first-order valence-corrected chi connectivity index (χ1v) is 5.52. The molecule has 0 radical (unpaired) electrons. The van der Waals surface area contributed by atoms with Gasteiger partial charge >= 0.3 is 12.5 Å². The van der Waals surface area contributed by atoms with E-state index >= 15 is 0 Å². The Morgan fingerprint density at radius 2 is 1.84 bits per heavy atom. The Morgan fingerprint density at radius 3 is 2.26 bits per heavy atom. The standard InChI is InChI=1S/C9H3F6IN2O/c10-8(11,12)7-6(16)5(19-9(13,14)15)3-4(18-7)1-2-17/h3H,1H2. The molecule has 0 aromatic carbocycles. The second-order valence-corrected chi connectivity index (χ2v) is 4.23. The fourth-order valence-corrected chi connectivity index (χ4v) is 1.81. The Morgan fingerprint density at radius 1 is 1.26 bits per heavy atom. The molecule has 0 aliphatic heterocycles. The largest absolute Gasteiger partial charge is 0.573 e. The van der Waals surface area contributed by atoms with Crippen LogP contribution in [0.25, 0.3) is 0 Å². The number of ether oxygens (including phenoxy) is 1. The number of pyridine rings is 1. The molecule has 0 bridgehead atoms. The van der Waals surface area contributed by atoms with Crippen LogP contribution in [0.5, 0.6) is 5.75 Å². The van der Waals surface area contributed by atoms with Gasteiger partial charge in [-0.05, 0) is 22.6 Å². The van der Waals surface area contributed by atoms with Gasteiger partial charge in [-0.2, -0.15) is 18.4 Å². The highest BCUT2D eigenvalue weighted by molar-refractivity contribution is 14.1. The predicted molar refractivity (Wildman–Crippen MR) is 58.0 cm³/mol. The molecule has 0 aliphatic carbocycles. The Balaban J connectivity index is 3.38. The Kier molecular flexibility index (Phi) is 4.49. The minimum Gasteiger partial charge on any atom is -0.405 e. The molecule has 0 spiro atoms. The van der Waals surface area contributed by atoms with Crippen molar-refractivity contribution in [1.29, 1.82) is 5.26 Å². The third-order valence-corrected chi connectivity index (χ3v) is 2.77. The zero-order valence-corrected chi connectivity index (χ0v) is 10.9. The van der Waals surface area contributed by atoms with Crippen LogP contribution in [0.3, 0.4) is 0 Å². The Labute approximate surface area is 116 Å². The van der Waals surface area contributed by atoms with Gasteiger partial charge in [0.25, 0.3) is 0 Å². The van der Waals surface area contributed by atoms with Crippen LogP contribution in [-0.2, 0) is 12.6 Å². The number of nitrogens with zero attached hydrogens (tertiary/aromatic N) is 2. The van der Waals surface area contributed by atoms with Gasteiger partial charge in [0.15, 0.2) is 5.69 Å². The highest BCUT2D eigenvalue weighted by Gasteiger charge is 2.39. The van der Waals surface area contributed by atoms with Crippen LogP contribution in [0.4, 0.5) is 26.3 Å². The lowest BCUT2D eigenvalue weighted by molar-refractivity contribution is -0.275. The Bertz CT molecular complexity index is 519. The van der Waals surface area contributed by atoms with Gasteiger partial charge in [-0.3, -0.25) is 0 Å². The number of hydrogen-bond acceptors (Lipinski definition) is 3. The fraction of sp³-hybridized carbons (Fsp3) is 0.333. The molecular formula is C9H3F6IN2O. The quantitative estimate of drug-likeness (QED) is 0.567. The van der Waals surface area contributed by atoms with E-state index in [-0.39, 0.29) is 0 Å². The van der Waals surface area contributed by atoms with Crippen LogP contribution in [0.2, 0.25) is 0 Å². The van der Waals surface area contributed by atoms with Crippen molar-refractivity contribution in [1.82, 2.24) is 4.98 Å². The van der Waals surface area contributed by atoms with E-state index in [9.17, 15) is 26.3 Å². The van der Waals surface area contributed by atoms with E-state index in [0.29, 0.717) is 6.07 Å². The van der Waals surface area contributed by atoms with Crippen LogP contribution in [0, 0.1) is 14.9 Å². The molecule has 0 saturated carbocycles. The van der Waals surface area contributed by atoms with Crippen molar-refractivity contribution in [2.24, 2.45) is 0 Å². The second kappa shape index (κ2) is 5.40. The summed E-state index contributed by atoms with van der Waals surface area (Å²) in [6.45, 7) is 0. The highest BCUT2D eigenvalue weighted by atomic mass is 127. The summed E-state index contributed by atoms with van der Waals surface area (Å²) < 4.78 is 76.7. The van der Waals surface area contributed by atoms with Crippen molar-refractivity contribution >= 4 is 22.6 Å². The Hall–Kier alpha value is -1.25. The fourth-order valence-electron chi connectivity index (χ4n) is 1.11. The summed E-state index contributed by atoms with van der Waals surface area (Å²) in [6.07, 6.45) is -10.6. The summed E-state index contributed by atoms with van der Waals surface area (Å²) in [5, 5.41) is 8.37. The summed E-state index contributed by atoms with van der Waals surface area (Å²) in [5.74, 6) is -1.03. The summed E-state index contributed by atoms with van der Waals surface area (Å²) in [5.41, 5.74) is -1.96. The lowest BCUT2D eigenvalue weighted by atomic mass is 10.2. The molecule has 0 N–H and O–H groups in total. The van der Waals surface area contributed by atoms with E-state index in [1.165, 1.54) is 6.07 Å². The van der Waals surface area contributed by atoms with Crippen molar-refractivity contribution in [3.63, 3.8) is 0 Å². The zero-order valence-electron chi connectivity index (χ0n) is 8.73. The van der Waals surface area contributed by atoms with Crippen molar-refractivity contribution < 1.29 is 31.1 Å². The maximum Gasteiger partial charge on any atom is 0.573 e. The van der Waals surface area contributed by atoms with Crippen molar-refractivity contribution in [2.45, 2.75) is 19.0 Å². The zero-order chi connectivity index (χ0) is 14.8. The van der Waals surface area contributed by atoms with Crippen LogP contribution in [-0.4, -0.2) is 11.3 Å². The third kappa shape index (κ3) is 4.41. The molecule has 1 heterocycles. The average molecular weight is 396 g/mol. The monoisotopic (exact) mass is 396 g/mol. The topological polar surface area (TPSA) is 45.9 Å². The van der Waals surface area contributed by atoms with Crippen molar-refractivity contribution in [3.05, 3.63) is 21.0 Å². The first-order valence-electron chi connectivity index (χ1n) is 4.44. The van der Waals surface area contributed by atoms with Gasteiger partial charge in [-0.15, -0.1) is 13.2 Å². The van der Waals surface area contributed by atoms with Crippen LogP contribution >= 0.6 is 22.6 Å². The van der Waals surface area contributed by atoms with E-state index in [0.717, 1.165) is 22.6 Å². The number of halogens is 7. The smallest absolute Gasteiger partial charge is 0.405 e. The van der Waals surface area contributed by atoms with Gasteiger partial charge in [0, 0.05) is 6.07 Å². The van der Waals surface area contributed by atoms with Gasteiger partial charge < -0.3 is 4.74 Å². The number of nitriles is 1. The molecule has 3 nitrogen and oxygen atoms in total. The lowest BCUT2D eigenvalue weighted by Gasteiger charge is -2.15. The predicted octanol–water partition coefficient (Wildman–Crippen LogP) is 3.67. The van der Waals surface area contributed by atoms with Crippen LogP contribution in [0.1, 0.15) is 11.4 Å². The van der Waals surface area contributed by atoms with Crippen LogP contribution < -0.4 is 4.74 Å². The molecule has 104 valence electrons. The third-order valence-electron chi connectivity index (χ3n) is 1.73. The van der Waals surface area contributed by atoms with E-state index in [4.69, 9.17) is 5.26 Å². The van der Waals surface area contributed by atoms with Crippen molar-refractivity contribution in [2.75, 3.05) is 0 Å². The normalized spacial score (nSPS) is 12.1. The molecule has 10 heteroatoms. The molecule has 19 heavy (non-hydrogen) atoms. The van der Waals surface area contributed by atoms with E-state index in [2.05, 4.69) is 9.72 Å². The van der Waals surface area contributed by atoms with Gasteiger partial charge in [0.05, 0.1) is 21.8 Å². The first kappa shape index (κ1) is 15.8. The molecule has 1 aromatic heterocycles. The number of rotatable bonds is 2. The molecule has 0 atom stereocenters. The van der Waals surface area contributed by atoms with Gasteiger partial charge in [-0.1, -0.05) is 0 Å². The maximum absolute atomic E-state index is 12.6. The summed E-state index contributed by atoms with van der Waals surface area (Å²) in [6, 6.07) is 2.16. The summed E-state index contributed by atoms with van der Waals surface area (Å²) in [4.78, 5) is 3.12. The average Bonchev–Trinajstić information content (AvgIpc) is 2.19. The molecule has 1 aromatic rings. The molecular weight excluding hydrogens is 393 g/mol. The molecule has 0 amide bonds. The summed E-state index contributed by atoms with van der Waals surface area (Å²) >= 11 is 1.06. The molecule has 1 rings (SSSR count). The lowest BCUT2D eigenvalue weighted by Crippen LogP contribution is -2.20. The van der Waals surface area contributed by atoms with Crippen molar-refractivity contribution in [3.8, 4) is 11.8 Å². The maximum atomic E-state index is 12.6. The highest BCUT2D eigenvalue weighted by Crippen LogP contribution is 2.37. The summed E-state index contributed by atoms with van der Waals surface area (Å²) in [7, 11) is 0. The van der Waals surface area contributed by atoms with Gasteiger partial charge in [0.1, 0.15) is 5.75 Å². The molecule has 0 fully saturated rings. The molecule has 0 aliphatic rings. The molecule has 0 unspecified atom stereocenters. The number of hydrogen-bond donors (Lipinski definition) is 0. The first-order chi connectivity index (χ1) is 8.54. The SMILES string of the molecule is N#CCc1cc(OC(F)(F)F)c(I)c(C(F)(F)F)n1. The second-order valence-electron chi connectivity index (χ2n) is 3.15.